The fourth-order valence-electron chi connectivity index (χ4n) is 2.92. The van der Waals surface area contributed by atoms with Crippen molar-refractivity contribution in [2.24, 2.45) is 0 Å². The van der Waals surface area contributed by atoms with E-state index in [1.54, 1.807) is 30.0 Å². The summed E-state index contributed by atoms with van der Waals surface area (Å²) in [4.78, 5) is 26.3. The minimum absolute atomic E-state index is 0.231. The average molecular weight is 374 g/mol. The minimum atomic E-state index is -0.871. The van der Waals surface area contributed by atoms with Gasteiger partial charge in [-0.2, -0.15) is 0 Å². The highest BCUT2D eigenvalue weighted by molar-refractivity contribution is 6.31. The Bertz CT molecular complexity index is 836. The number of esters is 1. The summed E-state index contributed by atoms with van der Waals surface area (Å²) >= 11 is 5.96. The number of benzene rings is 2. The van der Waals surface area contributed by atoms with Crippen LogP contribution in [-0.2, 0) is 20.7 Å². The van der Waals surface area contributed by atoms with Crippen LogP contribution in [0.2, 0.25) is 5.02 Å². The summed E-state index contributed by atoms with van der Waals surface area (Å²) in [6.07, 6.45) is -0.0640. The van der Waals surface area contributed by atoms with E-state index >= 15 is 0 Å². The predicted octanol–water partition coefficient (Wildman–Crippen LogP) is 3.55. The normalized spacial score (nSPS) is 13.9. The summed E-state index contributed by atoms with van der Waals surface area (Å²) in [5, 5.41) is 0.630. The third-order valence-electron chi connectivity index (χ3n) is 4.30. The lowest BCUT2D eigenvalue weighted by Gasteiger charge is -2.21. The molecule has 2 aromatic rings. The Balaban J connectivity index is 1.54. The van der Waals surface area contributed by atoms with Gasteiger partial charge in [-0.15, -0.1) is 0 Å². The molecule has 1 amide bonds. The van der Waals surface area contributed by atoms with Crippen LogP contribution in [0.5, 0.6) is 5.75 Å². The van der Waals surface area contributed by atoms with Crippen LogP contribution in [0.3, 0.4) is 0 Å². The molecule has 0 bridgehead atoms. The molecule has 1 aliphatic heterocycles. The first-order chi connectivity index (χ1) is 12.5. The number of para-hydroxylation sites is 1. The quantitative estimate of drug-likeness (QED) is 0.752. The third-order valence-corrected chi connectivity index (χ3v) is 4.72. The first kappa shape index (κ1) is 18.3. The molecule has 26 heavy (non-hydrogen) atoms. The van der Waals surface area contributed by atoms with Gasteiger partial charge in [-0.25, -0.2) is 4.79 Å². The van der Waals surface area contributed by atoms with Gasteiger partial charge in [-0.1, -0.05) is 29.8 Å². The van der Waals surface area contributed by atoms with Crippen LogP contribution in [0.4, 0.5) is 5.69 Å². The molecule has 1 atom stereocenters. The fourth-order valence-corrected chi connectivity index (χ4v) is 3.03. The zero-order valence-corrected chi connectivity index (χ0v) is 15.5. The second-order valence-electron chi connectivity index (χ2n) is 6.20. The van der Waals surface area contributed by atoms with Crippen molar-refractivity contribution < 1.29 is 19.1 Å². The van der Waals surface area contributed by atoms with E-state index in [-0.39, 0.29) is 12.5 Å². The van der Waals surface area contributed by atoms with Crippen molar-refractivity contribution in [3.63, 3.8) is 0 Å². The van der Waals surface area contributed by atoms with Gasteiger partial charge < -0.3 is 14.4 Å². The highest BCUT2D eigenvalue weighted by Crippen LogP contribution is 2.28. The van der Waals surface area contributed by atoms with E-state index in [0.717, 1.165) is 23.2 Å². The van der Waals surface area contributed by atoms with Crippen molar-refractivity contribution in [2.75, 3.05) is 18.1 Å². The number of carbonyl (C=O) groups excluding carboxylic acids is 2. The van der Waals surface area contributed by atoms with Crippen molar-refractivity contribution in [1.29, 1.82) is 0 Å². The molecule has 0 aromatic heterocycles. The standard InChI is InChI=1S/C20H20ClNO4/c1-13-11-16(7-8-17(13)21)25-12-19(23)26-14(2)20(24)22-10-9-15-5-3-4-6-18(15)22/h3-8,11,14H,9-10,12H2,1-2H3/t14-/m1/s1. The number of fused-ring (bicyclic) bond motifs is 1. The van der Waals surface area contributed by atoms with Crippen molar-refractivity contribution >= 4 is 29.2 Å². The molecule has 0 aliphatic carbocycles. The van der Waals surface area contributed by atoms with Gasteiger partial charge >= 0.3 is 5.97 Å². The van der Waals surface area contributed by atoms with Gasteiger partial charge in [0.05, 0.1) is 0 Å². The van der Waals surface area contributed by atoms with Gasteiger partial charge in [0.25, 0.3) is 5.91 Å². The second kappa shape index (κ2) is 7.79. The minimum Gasteiger partial charge on any atom is -0.482 e. The Kier molecular flexibility index (Phi) is 5.47. The number of hydrogen-bond acceptors (Lipinski definition) is 4. The maximum atomic E-state index is 12.6. The summed E-state index contributed by atoms with van der Waals surface area (Å²) in [6.45, 7) is 3.76. The molecular weight excluding hydrogens is 354 g/mol. The molecule has 1 aliphatic rings. The molecule has 0 fully saturated rings. The lowest BCUT2D eigenvalue weighted by Crippen LogP contribution is -2.39. The van der Waals surface area contributed by atoms with E-state index in [2.05, 4.69) is 0 Å². The molecule has 3 rings (SSSR count). The molecule has 2 aromatic carbocycles. The molecule has 0 radical (unpaired) electrons. The van der Waals surface area contributed by atoms with Crippen molar-refractivity contribution in [1.82, 2.24) is 0 Å². The average Bonchev–Trinajstić information content (AvgIpc) is 3.06. The van der Waals surface area contributed by atoms with E-state index in [4.69, 9.17) is 21.1 Å². The maximum absolute atomic E-state index is 12.6. The van der Waals surface area contributed by atoms with E-state index in [1.807, 2.05) is 31.2 Å². The SMILES string of the molecule is Cc1cc(OCC(=O)O[C@H](C)C(=O)N2CCc3ccccc32)ccc1Cl. The maximum Gasteiger partial charge on any atom is 0.344 e. The van der Waals surface area contributed by atoms with E-state index in [1.165, 1.54) is 0 Å². The van der Waals surface area contributed by atoms with E-state index in [0.29, 0.717) is 17.3 Å². The first-order valence-corrected chi connectivity index (χ1v) is 8.81. The molecular formula is C20H20ClNO4. The molecule has 0 saturated heterocycles. The first-order valence-electron chi connectivity index (χ1n) is 8.43. The van der Waals surface area contributed by atoms with Crippen LogP contribution < -0.4 is 9.64 Å². The number of ether oxygens (including phenoxy) is 2. The number of hydrogen-bond donors (Lipinski definition) is 0. The summed E-state index contributed by atoms with van der Waals surface area (Å²) in [5.41, 5.74) is 2.86. The van der Waals surface area contributed by atoms with Gasteiger partial charge in [0, 0.05) is 17.3 Å². The van der Waals surface area contributed by atoms with Crippen LogP contribution >= 0.6 is 11.6 Å². The molecule has 5 nitrogen and oxygen atoms in total. The third kappa shape index (κ3) is 3.99. The van der Waals surface area contributed by atoms with Crippen molar-refractivity contribution in [2.45, 2.75) is 26.4 Å². The van der Waals surface area contributed by atoms with E-state index < -0.39 is 12.1 Å². The molecule has 6 heteroatoms. The number of rotatable bonds is 5. The monoisotopic (exact) mass is 373 g/mol. The van der Waals surface area contributed by atoms with Crippen LogP contribution in [0.15, 0.2) is 42.5 Å². The van der Waals surface area contributed by atoms with Gasteiger partial charge in [0.1, 0.15) is 5.75 Å². The lowest BCUT2D eigenvalue weighted by molar-refractivity contribution is -0.155. The van der Waals surface area contributed by atoms with Crippen LogP contribution in [0, 0.1) is 6.92 Å². The molecule has 1 heterocycles. The zero-order valence-electron chi connectivity index (χ0n) is 14.7. The Morgan fingerprint density at radius 2 is 2.00 bits per heavy atom. The number of anilines is 1. The van der Waals surface area contributed by atoms with Gasteiger partial charge in [-0.05, 0) is 55.7 Å². The Hall–Kier alpha value is -2.53. The Labute approximate surface area is 157 Å². The topological polar surface area (TPSA) is 55.8 Å². The van der Waals surface area contributed by atoms with Gasteiger partial charge in [0.15, 0.2) is 12.7 Å². The number of nitrogens with zero attached hydrogens (tertiary/aromatic N) is 1. The summed E-state index contributed by atoms with van der Waals surface area (Å²) in [5.74, 6) is -0.298. The number of aryl methyl sites for hydroxylation is 1. The van der Waals surface area contributed by atoms with E-state index in [9.17, 15) is 9.59 Å². The zero-order chi connectivity index (χ0) is 18.7. The molecule has 136 valence electrons. The smallest absolute Gasteiger partial charge is 0.344 e. The number of halogens is 1. The Morgan fingerprint density at radius 1 is 1.23 bits per heavy atom. The molecule has 0 spiro atoms. The summed E-state index contributed by atoms with van der Waals surface area (Å²) in [7, 11) is 0. The van der Waals surface area contributed by atoms with Gasteiger partial charge in [-0.3, -0.25) is 4.79 Å². The molecule has 0 N–H and O–H groups in total. The highest BCUT2D eigenvalue weighted by Gasteiger charge is 2.29. The summed E-state index contributed by atoms with van der Waals surface area (Å²) in [6, 6.07) is 12.9. The summed E-state index contributed by atoms with van der Waals surface area (Å²) < 4.78 is 10.6. The van der Waals surface area contributed by atoms with Gasteiger partial charge in [0.2, 0.25) is 0 Å². The number of amides is 1. The molecule has 0 saturated carbocycles. The van der Waals surface area contributed by atoms with Crippen molar-refractivity contribution in [3.05, 3.63) is 58.6 Å². The van der Waals surface area contributed by atoms with Crippen LogP contribution in [0.1, 0.15) is 18.1 Å². The molecule has 0 unspecified atom stereocenters. The highest BCUT2D eigenvalue weighted by atomic mass is 35.5. The lowest BCUT2D eigenvalue weighted by atomic mass is 10.2. The van der Waals surface area contributed by atoms with Crippen LogP contribution in [-0.4, -0.2) is 31.1 Å². The van der Waals surface area contributed by atoms with Crippen molar-refractivity contribution in [3.8, 4) is 5.75 Å². The largest absolute Gasteiger partial charge is 0.482 e. The second-order valence-corrected chi connectivity index (χ2v) is 6.61. The van der Waals surface area contributed by atoms with Crippen LogP contribution in [0.25, 0.3) is 0 Å². The predicted molar refractivity (Wildman–Crippen MR) is 99.7 cm³/mol. The fraction of sp³-hybridized carbons (Fsp3) is 0.300. The Morgan fingerprint density at radius 3 is 2.77 bits per heavy atom. The number of carbonyl (C=O) groups is 2.